The first-order chi connectivity index (χ1) is 11.6. The zero-order valence-corrected chi connectivity index (χ0v) is 13.3. The second-order valence-electron chi connectivity index (χ2n) is 5.01. The molecule has 7 nitrogen and oxygen atoms in total. The van der Waals surface area contributed by atoms with E-state index in [2.05, 4.69) is 15.3 Å². The van der Waals surface area contributed by atoms with Crippen molar-refractivity contribution in [3.63, 3.8) is 0 Å². The van der Waals surface area contributed by atoms with Crippen molar-refractivity contribution in [3.8, 4) is 5.82 Å². The fraction of sp³-hybridized carbons (Fsp3) is 0.125. The SMILES string of the molecule is O=C(O)CC(NC(=O)c1ccc(-n2ccnc2)nc1)c1cccs1. The third-order valence-electron chi connectivity index (χ3n) is 3.35. The van der Waals surface area contributed by atoms with E-state index in [0.29, 0.717) is 11.4 Å². The number of carbonyl (C=O) groups excluding carboxylic acids is 1. The molecule has 0 saturated heterocycles. The summed E-state index contributed by atoms with van der Waals surface area (Å²) in [5.41, 5.74) is 0.366. The molecule has 3 aromatic heterocycles. The van der Waals surface area contributed by atoms with Gasteiger partial charge in [0, 0.05) is 23.5 Å². The molecule has 0 bridgehead atoms. The number of carboxylic acids is 1. The van der Waals surface area contributed by atoms with Crippen LogP contribution < -0.4 is 5.32 Å². The number of imidazole rings is 1. The molecule has 0 saturated carbocycles. The second kappa shape index (κ2) is 7.05. The third kappa shape index (κ3) is 3.66. The summed E-state index contributed by atoms with van der Waals surface area (Å²) in [5, 5.41) is 13.6. The van der Waals surface area contributed by atoms with E-state index in [1.807, 2.05) is 11.4 Å². The monoisotopic (exact) mass is 342 g/mol. The minimum absolute atomic E-state index is 0.174. The van der Waals surface area contributed by atoms with Crippen LogP contribution in [0.4, 0.5) is 0 Å². The highest BCUT2D eigenvalue weighted by Crippen LogP contribution is 2.22. The van der Waals surface area contributed by atoms with E-state index >= 15 is 0 Å². The Labute approximate surface area is 141 Å². The van der Waals surface area contributed by atoms with Crippen molar-refractivity contribution in [1.82, 2.24) is 19.9 Å². The number of aromatic nitrogens is 3. The molecule has 3 aromatic rings. The standard InChI is InChI=1S/C16H14N4O3S/c21-15(22)8-12(13-2-1-7-24-13)19-16(23)11-3-4-14(18-9-11)20-6-5-17-10-20/h1-7,9-10,12H,8H2,(H,19,23)(H,21,22). The van der Waals surface area contributed by atoms with E-state index in [4.69, 9.17) is 5.11 Å². The zero-order chi connectivity index (χ0) is 16.9. The lowest BCUT2D eigenvalue weighted by Gasteiger charge is -2.15. The van der Waals surface area contributed by atoms with Crippen LogP contribution in [0.25, 0.3) is 5.82 Å². The first-order valence-electron chi connectivity index (χ1n) is 7.14. The predicted octanol–water partition coefficient (Wildman–Crippen LogP) is 2.27. The van der Waals surface area contributed by atoms with E-state index in [1.54, 1.807) is 41.5 Å². The highest BCUT2D eigenvalue weighted by molar-refractivity contribution is 7.10. The predicted molar refractivity (Wildman–Crippen MR) is 88.1 cm³/mol. The number of thiophene rings is 1. The van der Waals surface area contributed by atoms with Gasteiger partial charge >= 0.3 is 5.97 Å². The van der Waals surface area contributed by atoms with E-state index in [0.717, 1.165) is 4.88 Å². The second-order valence-corrected chi connectivity index (χ2v) is 5.99. The minimum atomic E-state index is -0.970. The molecule has 0 aliphatic carbocycles. The summed E-state index contributed by atoms with van der Waals surface area (Å²) in [4.78, 5) is 32.4. The van der Waals surface area contributed by atoms with Crippen LogP contribution in [-0.4, -0.2) is 31.5 Å². The highest BCUT2D eigenvalue weighted by atomic mass is 32.1. The number of aliphatic carboxylic acids is 1. The Kier molecular flexibility index (Phi) is 4.66. The number of nitrogens with zero attached hydrogens (tertiary/aromatic N) is 3. The van der Waals surface area contributed by atoms with Gasteiger partial charge in [0.15, 0.2) is 0 Å². The van der Waals surface area contributed by atoms with E-state index in [1.165, 1.54) is 17.5 Å². The van der Waals surface area contributed by atoms with Crippen LogP contribution in [0.1, 0.15) is 27.7 Å². The number of hydrogen-bond acceptors (Lipinski definition) is 5. The number of carbonyl (C=O) groups is 2. The average molecular weight is 342 g/mol. The van der Waals surface area contributed by atoms with E-state index in [9.17, 15) is 9.59 Å². The molecule has 0 fully saturated rings. The molecule has 1 amide bonds. The molecule has 1 unspecified atom stereocenters. The van der Waals surface area contributed by atoms with Gasteiger partial charge in [-0.05, 0) is 23.6 Å². The molecule has 8 heteroatoms. The van der Waals surface area contributed by atoms with Gasteiger partial charge in [-0.2, -0.15) is 0 Å². The van der Waals surface area contributed by atoms with Gasteiger partial charge in [0.25, 0.3) is 5.91 Å². The Morgan fingerprint density at radius 3 is 2.79 bits per heavy atom. The molecule has 0 aromatic carbocycles. The van der Waals surface area contributed by atoms with Gasteiger partial charge in [0.05, 0.1) is 18.0 Å². The molecule has 0 aliphatic heterocycles. The lowest BCUT2D eigenvalue weighted by atomic mass is 10.1. The van der Waals surface area contributed by atoms with Crippen molar-refractivity contribution in [2.45, 2.75) is 12.5 Å². The van der Waals surface area contributed by atoms with Crippen LogP contribution in [0.2, 0.25) is 0 Å². The number of rotatable bonds is 6. The van der Waals surface area contributed by atoms with Gasteiger partial charge < -0.3 is 10.4 Å². The van der Waals surface area contributed by atoms with Crippen LogP contribution in [0.15, 0.2) is 54.6 Å². The lowest BCUT2D eigenvalue weighted by molar-refractivity contribution is -0.137. The number of nitrogens with one attached hydrogen (secondary N) is 1. The average Bonchev–Trinajstić information content (AvgIpc) is 3.27. The smallest absolute Gasteiger partial charge is 0.305 e. The zero-order valence-electron chi connectivity index (χ0n) is 12.5. The first kappa shape index (κ1) is 15.9. The normalized spacial score (nSPS) is 11.8. The Hall–Kier alpha value is -3.00. The van der Waals surface area contributed by atoms with Crippen LogP contribution in [0.3, 0.4) is 0 Å². The first-order valence-corrected chi connectivity index (χ1v) is 8.02. The summed E-state index contributed by atoms with van der Waals surface area (Å²) >= 11 is 1.41. The van der Waals surface area contributed by atoms with Crippen LogP contribution in [0, 0.1) is 0 Å². The van der Waals surface area contributed by atoms with Crippen LogP contribution in [-0.2, 0) is 4.79 Å². The van der Waals surface area contributed by atoms with Gasteiger partial charge in [-0.25, -0.2) is 9.97 Å². The van der Waals surface area contributed by atoms with Crippen molar-refractivity contribution >= 4 is 23.2 Å². The van der Waals surface area contributed by atoms with Crippen molar-refractivity contribution < 1.29 is 14.7 Å². The maximum absolute atomic E-state index is 12.4. The van der Waals surface area contributed by atoms with E-state index in [-0.39, 0.29) is 12.3 Å². The molecule has 0 radical (unpaired) electrons. The Morgan fingerprint density at radius 2 is 2.21 bits per heavy atom. The maximum Gasteiger partial charge on any atom is 0.305 e. The molecule has 3 heterocycles. The van der Waals surface area contributed by atoms with E-state index < -0.39 is 12.0 Å². The maximum atomic E-state index is 12.4. The Bertz CT molecular complexity index is 814. The molecule has 2 N–H and O–H groups in total. The molecule has 0 aliphatic rings. The van der Waals surface area contributed by atoms with Gasteiger partial charge in [-0.3, -0.25) is 14.2 Å². The number of amides is 1. The fourth-order valence-electron chi connectivity index (χ4n) is 2.20. The van der Waals surface area contributed by atoms with Crippen molar-refractivity contribution in [3.05, 3.63) is 65.0 Å². The molecular formula is C16H14N4O3S. The molecule has 3 rings (SSSR count). The lowest BCUT2D eigenvalue weighted by Crippen LogP contribution is -2.29. The fourth-order valence-corrected chi connectivity index (χ4v) is 2.97. The molecule has 122 valence electrons. The number of hydrogen-bond donors (Lipinski definition) is 2. The number of pyridine rings is 1. The third-order valence-corrected chi connectivity index (χ3v) is 4.34. The Morgan fingerprint density at radius 1 is 1.33 bits per heavy atom. The van der Waals surface area contributed by atoms with Gasteiger partial charge in [-0.1, -0.05) is 6.07 Å². The molecule has 1 atom stereocenters. The summed E-state index contributed by atoms with van der Waals surface area (Å²) in [6, 6.07) is 6.41. The summed E-state index contributed by atoms with van der Waals surface area (Å²) in [5.74, 6) is -0.689. The summed E-state index contributed by atoms with van der Waals surface area (Å²) in [6.45, 7) is 0. The topological polar surface area (TPSA) is 97.1 Å². The van der Waals surface area contributed by atoms with Gasteiger partial charge in [0.1, 0.15) is 12.1 Å². The van der Waals surface area contributed by atoms with Crippen molar-refractivity contribution in [2.75, 3.05) is 0 Å². The van der Waals surface area contributed by atoms with Crippen LogP contribution in [0.5, 0.6) is 0 Å². The van der Waals surface area contributed by atoms with Crippen molar-refractivity contribution in [2.24, 2.45) is 0 Å². The quantitative estimate of drug-likeness (QED) is 0.716. The van der Waals surface area contributed by atoms with Gasteiger partial charge in [0.2, 0.25) is 0 Å². The Balaban J connectivity index is 1.74. The largest absolute Gasteiger partial charge is 0.481 e. The summed E-state index contributed by atoms with van der Waals surface area (Å²) in [7, 11) is 0. The van der Waals surface area contributed by atoms with Gasteiger partial charge in [-0.15, -0.1) is 11.3 Å². The molecule has 24 heavy (non-hydrogen) atoms. The molecule has 0 spiro atoms. The summed E-state index contributed by atoms with van der Waals surface area (Å²) < 4.78 is 1.72. The van der Waals surface area contributed by atoms with Crippen LogP contribution >= 0.6 is 11.3 Å². The molecular weight excluding hydrogens is 328 g/mol. The highest BCUT2D eigenvalue weighted by Gasteiger charge is 2.20. The van der Waals surface area contributed by atoms with Crippen molar-refractivity contribution in [1.29, 1.82) is 0 Å². The summed E-state index contributed by atoms with van der Waals surface area (Å²) in [6.07, 6.45) is 6.28. The minimum Gasteiger partial charge on any atom is -0.481 e. The number of carboxylic acid groups (broad SMARTS) is 1.